The number of rotatable bonds is 10. The molecule has 0 aliphatic carbocycles. The van der Waals surface area contributed by atoms with Crippen molar-refractivity contribution in [3.63, 3.8) is 0 Å². The van der Waals surface area contributed by atoms with Crippen molar-refractivity contribution >= 4 is 48.5 Å². The molecule has 0 atom stereocenters. The molecule has 0 radical (unpaired) electrons. The van der Waals surface area contributed by atoms with Gasteiger partial charge in [-0.2, -0.15) is 4.31 Å². The number of nitrogens with zero attached hydrogens (tertiary/aromatic N) is 1. The topological polar surface area (TPSA) is 79.6 Å². The van der Waals surface area contributed by atoms with Crippen molar-refractivity contribution in [2.75, 3.05) is 18.4 Å². The highest BCUT2D eigenvalue weighted by molar-refractivity contribution is 9.10. The molecule has 2 aromatic carbocycles. The summed E-state index contributed by atoms with van der Waals surface area (Å²) in [5.74, 6) is -1.18. The summed E-state index contributed by atoms with van der Waals surface area (Å²) < 4.78 is 48.5. The van der Waals surface area contributed by atoms with Gasteiger partial charge < -0.3 is 9.73 Å². The Morgan fingerprint density at radius 3 is 2.36 bits per heavy atom. The molecule has 178 valence electrons. The minimum atomic E-state index is -3.69. The number of hydrogen-bond donors (Lipinski definition) is 1. The fourth-order valence-electron chi connectivity index (χ4n) is 3.52. The minimum Gasteiger partial charge on any atom is -0.451 e. The zero-order valence-electron chi connectivity index (χ0n) is 19.0. The second-order valence-corrected chi connectivity index (χ2v) is 10.8. The highest BCUT2D eigenvalue weighted by Gasteiger charge is 2.26. The van der Waals surface area contributed by atoms with Crippen LogP contribution in [0.4, 0.5) is 10.1 Å². The molecule has 33 heavy (non-hydrogen) atoms. The zero-order valence-corrected chi connectivity index (χ0v) is 21.4. The fourth-order valence-corrected chi connectivity index (χ4v) is 5.39. The van der Waals surface area contributed by atoms with E-state index in [0.717, 1.165) is 25.7 Å². The SMILES string of the molecule is CCCCN(CCCC)S(=O)(=O)c1ccc2oc(C(=O)Nc3ccc(Br)cc3F)c(C)c2c1. The monoisotopic (exact) mass is 538 g/mol. The molecule has 1 heterocycles. The second-order valence-electron chi connectivity index (χ2n) is 7.90. The maximum absolute atomic E-state index is 14.1. The molecule has 1 aromatic heterocycles. The number of fused-ring (bicyclic) bond motifs is 1. The van der Waals surface area contributed by atoms with Crippen molar-refractivity contribution in [2.45, 2.75) is 51.3 Å². The minimum absolute atomic E-state index is 0.00990. The highest BCUT2D eigenvalue weighted by atomic mass is 79.9. The van der Waals surface area contributed by atoms with Gasteiger partial charge in [-0.15, -0.1) is 0 Å². The summed E-state index contributed by atoms with van der Waals surface area (Å²) in [6, 6.07) is 8.92. The number of hydrogen-bond acceptors (Lipinski definition) is 4. The number of furan rings is 1. The van der Waals surface area contributed by atoms with Crippen LogP contribution in [0.25, 0.3) is 11.0 Å². The number of aryl methyl sites for hydroxylation is 1. The van der Waals surface area contributed by atoms with Gasteiger partial charge >= 0.3 is 0 Å². The Hall–Kier alpha value is -2.23. The molecule has 1 N–H and O–H groups in total. The van der Waals surface area contributed by atoms with Crippen LogP contribution in [0, 0.1) is 12.7 Å². The number of unbranched alkanes of at least 4 members (excludes halogenated alkanes) is 2. The van der Waals surface area contributed by atoms with Gasteiger partial charge in [-0.1, -0.05) is 42.6 Å². The maximum atomic E-state index is 14.1. The fraction of sp³-hybridized carbons (Fsp3) is 0.375. The van der Waals surface area contributed by atoms with Crippen LogP contribution in [-0.2, 0) is 10.0 Å². The number of anilines is 1. The Kier molecular flexibility index (Phi) is 8.31. The largest absolute Gasteiger partial charge is 0.451 e. The van der Waals surface area contributed by atoms with Crippen molar-refractivity contribution in [2.24, 2.45) is 0 Å². The van der Waals surface area contributed by atoms with E-state index in [1.54, 1.807) is 25.1 Å². The molecule has 6 nitrogen and oxygen atoms in total. The van der Waals surface area contributed by atoms with Gasteiger partial charge in [0.2, 0.25) is 10.0 Å². The smallest absolute Gasteiger partial charge is 0.291 e. The lowest BCUT2D eigenvalue weighted by molar-refractivity contribution is 0.0997. The first-order valence-corrected chi connectivity index (χ1v) is 13.2. The standard InChI is InChI=1S/C24H28BrFN2O4S/c1-4-6-12-28(13-7-5-2)33(30,31)18-9-11-22-19(15-18)16(3)23(32-22)24(29)27-21-10-8-17(25)14-20(21)26/h8-11,14-15H,4-7,12-13H2,1-3H3,(H,27,29). The van der Waals surface area contributed by atoms with Crippen LogP contribution in [0.3, 0.4) is 0 Å². The number of nitrogens with one attached hydrogen (secondary N) is 1. The van der Waals surface area contributed by atoms with E-state index >= 15 is 0 Å². The van der Waals surface area contributed by atoms with Crippen molar-refractivity contribution < 1.29 is 22.0 Å². The lowest BCUT2D eigenvalue weighted by Crippen LogP contribution is -2.33. The molecule has 0 fully saturated rings. The number of carbonyl (C=O) groups is 1. The molecule has 0 spiro atoms. The van der Waals surface area contributed by atoms with E-state index in [-0.39, 0.29) is 16.3 Å². The maximum Gasteiger partial charge on any atom is 0.291 e. The van der Waals surface area contributed by atoms with Crippen LogP contribution in [0.15, 0.2) is 50.2 Å². The first kappa shape index (κ1) is 25.4. The summed E-state index contributed by atoms with van der Waals surface area (Å²) in [5.41, 5.74) is 0.904. The van der Waals surface area contributed by atoms with Crippen LogP contribution in [0.5, 0.6) is 0 Å². The highest BCUT2D eigenvalue weighted by Crippen LogP contribution is 2.30. The lowest BCUT2D eigenvalue weighted by atomic mass is 10.1. The Bertz CT molecular complexity index is 1250. The van der Waals surface area contributed by atoms with Gasteiger partial charge in [-0.05, 0) is 56.2 Å². The summed E-state index contributed by atoms with van der Waals surface area (Å²) in [6.45, 7) is 6.67. The third kappa shape index (κ3) is 5.65. The summed E-state index contributed by atoms with van der Waals surface area (Å²) in [6.07, 6.45) is 3.37. The van der Waals surface area contributed by atoms with E-state index in [1.807, 2.05) is 13.8 Å². The number of carbonyl (C=O) groups excluding carboxylic acids is 1. The van der Waals surface area contributed by atoms with E-state index in [2.05, 4.69) is 21.2 Å². The number of halogens is 2. The molecule has 0 aliphatic heterocycles. The predicted octanol–water partition coefficient (Wildman–Crippen LogP) is 6.49. The van der Waals surface area contributed by atoms with Crippen molar-refractivity contribution in [3.05, 3.63) is 58.0 Å². The van der Waals surface area contributed by atoms with Gasteiger partial charge in [0, 0.05) is 28.5 Å². The lowest BCUT2D eigenvalue weighted by Gasteiger charge is -2.22. The van der Waals surface area contributed by atoms with Crippen molar-refractivity contribution in [3.8, 4) is 0 Å². The number of sulfonamides is 1. The van der Waals surface area contributed by atoms with Crippen LogP contribution >= 0.6 is 15.9 Å². The third-order valence-electron chi connectivity index (χ3n) is 5.45. The molecule has 0 bridgehead atoms. The second kappa shape index (κ2) is 10.8. The Labute approximate surface area is 202 Å². The summed E-state index contributed by atoms with van der Waals surface area (Å²) >= 11 is 3.18. The van der Waals surface area contributed by atoms with Crippen molar-refractivity contribution in [1.82, 2.24) is 4.31 Å². The first-order valence-electron chi connectivity index (χ1n) is 11.0. The molecular weight excluding hydrogens is 511 g/mol. The molecule has 3 aromatic rings. The van der Waals surface area contributed by atoms with Crippen LogP contribution in [0.2, 0.25) is 0 Å². The average molecular weight is 539 g/mol. The van der Waals surface area contributed by atoms with Gasteiger partial charge in [0.15, 0.2) is 5.76 Å². The van der Waals surface area contributed by atoms with Gasteiger partial charge in [0.05, 0.1) is 10.6 Å². The molecule has 9 heteroatoms. The molecular formula is C24H28BrFN2O4S. The van der Waals surface area contributed by atoms with E-state index < -0.39 is 21.7 Å². The summed E-state index contributed by atoms with van der Waals surface area (Å²) in [7, 11) is -3.69. The third-order valence-corrected chi connectivity index (χ3v) is 7.84. The number of benzene rings is 2. The summed E-state index contributed by atoms with van der Waals surface area (Å²) in [5, 5.41) is 3.04. The van der Waals surface area contributed by atoms with Gasteiger partial charge in [-0.3, -0.25) is 4.79 Å². The Morgan fingerprint density at radius 2 is 1.76 bits per heavy atom. The Morgan fingerprint density at radius 1 is 1.09 bits per heavy atom. The number of amides is 1. The van der Waals surface area contributed by atoms with Crippen molar-refractivity contribution in [1.29, 1.82) is 0 Å². The first-order chi connectivity index (χ1) is 15.7. The molecule has 3 rings (SSSR count). The Balaban J connectivity index is 1.93. The normalized spacial score (nSPS) is 11.9. The van der Waals surface area contributed by atoms with E-state index in [4.69, 9.17) is 4.42 Å². The zero-order chi connectivity index (χ0) is 24.2. The van der Waals surface area contributed by atoms with Gasteiger partial charge in [0.25, 0.3) is 5.91 Å². The van der Waals surface area contributed by atoms with Crippen LogP contribution in [0.1, 0.15) is 55.6 Å². The molecule has 0 aliphatic rings. The predicted molar refractivity (Wildman–Crippen MR) is 132 cm³/mol. The molecule has 0 saturated carbocycles. The average Bonchev–Trinajstić information content (AvgIpc) is 3.11. The van der Waals surface area contributed by atoms with E-state index in [1.165, 1.54) is 22.5 Å². The quantitative estimate of drug-likeness (QED) is 0.320. The van der Waals surface area contributed by atoms with Crippen LogP contribution < -0.4 is 5.32 Å². The van der Waals surface area contributed by atoms with E-state index in [0.29, 0.717) is 34.1 Å². The van der Waals surface area contributed by atoms with Gasteiger partial charge in [0.1, 0.15) is 11.4 Å². The molecule has 0 unspecified atom stereocenters. The molecule has 1 amide bonds. The molecule has 0 saturated heterocycles. The van der Waals surface area contributed by atoms with Gasteiger partial charge in [-0.25, -0.2) is 12.8 Å². The summed E-state index contributed by atoms with van der Waals surface area (Å²) in [4.78, 5) is 12.9. The van der Waals surface area contributed by atoms with Crippen LogP contribution in [-0.4, -0.2) is 31.7 Å². The van der Waals surface area contributed by atoms with E-state index in [9.17, 15) is 17.6 Å².